The van der Waals surface area contributed by atoms with Crippen LogP contribution in [0.4, 0.5) is 0 Å². The first kappa shape index (κ1) is 23.3. The third-order valence-electron chi connectivity index (χ3n) is 6.08. The standard InChI is InChI=1S/C20H14N4.C12H12N2/c1-2-14-10-16-5-6-18(23-16)12-20-8-7-19(24-20)11-17-4-3-15(22-17)9-13(1)21-14;1-9-5-3-7-11(13-9)12-8-4-6-10(2)14-12/h1-12,21-22H;3-8H,1-2H3. The summed E-state index contributed by atoms with van der Waals surface area (Å²) >= 11 is 0. The molecule has 0 amide bonds. The van der Waals surface area contributed by atoms with Crippen molar-refractivity contribution >= 4 is 46.4 Å². The van der Waals surface area contributed by atoms with Crippen LogP contribution in [0.15, 0.2) is 84.9 Å². The van der Waals surface area contributed by atoms with Crippen molar-refractivity contribution in [3.63, 3.8) is 0 Å². The van der Waals surface area contributed by atoms with Crippen molar-refractivity contribution < 1.29 is 0 Å². The molecule has 2 aliphatic heterocycles. The first-order valence-electron chi connectivity index (χ1n) is 12.5. The molecular weight excluding hydrogens is 468 g/mol. The van der Waals surface area contributed by atoms with Gasteiger partial charge in [0.15, 0.2) is 0 Å². The average molecular weight is 495 g/mol. The molecule has 0 aliphatic carbocycles. The minimum atomic E-state index is 0.915. The number of fused-ring (bicyclic) bond motifs is 8. The minimum absolute atomic E-state index is 0.915. The molecule has 0 fully saturated rings. The zero-order chi connectivity index (χ0) is 25.9. The van der Waals surface area contributed by atoms with Gasteiger partial charge in [-0.05, 0) is 111 Å². The normalized spacial score (nSPS) is 11.7. The van der Waals surface area contributed by atoms with E-state index in [9.17, 15) is 0 Å². The van der Waals surface area contributed by atoms with Crippen LogP contribution in [0.5, 0.6) is 0 Å². The molecule has 2 N–H and O–H groups in total. The second kappa shape index (κ2) is 10.1. The van der Waals surface area contributed by atoms with Crippen molar-refractivity contribution in [3.05, 3.63) is 119 Å². The Kier molecular flexibility index (Phi) is 6.20. The number of pyridine rings is 2. The molecule has 38 heavy (non-hydrogen) atoms. The van der Waals surface area contributed by atoms with E-state index in [0.717, 1.165) is 67.6 Å². The van der Waals surface area contributed by atoms with Crippen LogP contribution in [0, 0.1) is 13.8 Å². The zero-order valence-corrected chi connectivity index (χ0v) is 21.2. The van der Waals surface area contributed by atoms with Crippen LogP contribution in [0.25, 0.3) is 57.8 Å². The molecule has 7 rings (SSSR count). The smallest absolute Gasteiger partial charge is 0.0889 e. The minimum Gasteiger partial charge on any atom is -0.355 e. The van der Waals surface area contributed by atoms with Gasteiger partial charge in [0.05, 0.1) is 34.2 Å². The quantitative estimate of drug-likeness (QED) is 0.249. The molecule has 5 aromatic heterocycles. The molecule has 0 aromatic carbocycles. The predicted molar refractivity (Wildman–Crippen MR) is 156 cm³/mol. The SMILES string of the molecule is C1=Cc2cc3ccc(cc4ccc(cc5nc(cc1n2)C=C5)[nH]4)[nH]3.Cc1cccc(-c2cccc(C)n2)n1. The Hall–Kier alpha value is -5.10. The molecule has 184 valence electrons. The maximum atomic E-state index is 4.62. The van der Waals surface area contributed by atoms with Crippen molar-refractivity contribution in [2.45, 2.75) is 13.8 Å². The Morgan fingerprint density at radius 2 is 0.816 bits per heavy atom. The van der Waals surface area contributed by atoms with E-state index < -0.39 is 0 Å². The average Bonchev–Trinajstić information content (AvgIpc) is 3.71. The van der Waals surface area contributed by atoms with E-state index >= 15 is 0 Å². The van der Waals surface area contributed by atoms with Crippen molar-refractivity contribution in [1.29, 1.82) is 0 Å². The Labute approximate surface area is 220 Å². The van der Waals surface area contributed by atoms with Crippen LogP contribution in [0.1, 0.15) is 34.2 Å². The zero-order valence-electron chi connectivity index (χ0n) is 21.2. The van der Waals surface area contributed by atoms with E-state index in [1.807, 2.05) is 92.7 Å². The van der Waals surface area contributed by atoms with Gasteiger partial charge in [-0.1, -0.05) is 12.1 Å². The molecule has 5 aromatic rings. The summed E-state index contributed by atoms with van der Waals surface area (Å²) in [5, 5.41) is 0. The fourth-order valence-electron chi connectivity index (χ4n) is 4.32. The Morgan fingerprint density at radius 1 is 0.421 bits per heavy atom. The molecule has 7 heterocycles. The maximum Gasteiger partial charge on any atom is 0.0889 e. The van der Waals surface area contributed by atoms with E-state index in [4.69, 9.17) is 0 Å². The molecule has 0 unspecified atom stereocenters. The van der Waals surface area contributed by atoms with Gasteiger partial charge >= 0.3 is 0 Å². The number of hydrogen-bond donors (Lipinski definition) is 2. The molecule has 6 heteroatoms. The lowest BCUT2D eigenvalue weighted by atomic mass is 10.2. The topological polar surface area (TPSA) is 83.1 Å². The molecule has 0 saturated carbocycles. The fraction of sp³-hybridized carbons (Fsp3) is 0.0625. The largest absolute Gasteiger partial charge is 0.355 e. The van der Waals surface area contributed by atoms with Crippen molar-refractivity contribution in [1.82, 2.24) is 29.9 Å². The van der Waals surface area contributed by atoms with Gasteiger partial charge in [0, 0.05) is 33.5 Å². The van der Waals surface area contributed by atoms with Gasteiger partial charge in [-0.2, -0.15) is 0 Å². The second-order valence-corrected chi connectivity index (χ2v) is 9.23. The van der Waals surface area contributed by atoms with Crippen LogP contribution in [0.2, 0.25) is 0 Å². The van der Waals surface area contributed by atoms with Gasteiger partial charge in [-0.15, -0.1) is 0 Å². The number of hydrogen-bond acceptors (Lipinski definition) is 4. The van der Waals surface area contributed by atoms with Gasteiger partial charge in [0.25, 0.3) is 0 Å². The summed E-state index contributed by atoms with van der Waals surface area (Å²) in [6.07, 6.45) is 8.05. The van der Waals surface area contributed by atoms with Crippen LogP contribution in [0.3, 0.4) is 0 Å². The van der Waals surface area contributed by atoms with Crippen LogP contribution >= 0.6 is 0 Å². The van der Waals surface area contributed by atoms with E-state index in [2.05, 4.69) is 60.2 Å². The van der Waals surface area contributed by atoms with E-state index in [1.165, 1.54) is 0 Å². The van der Waals surface area contributed by atoms with E-state index in [1.54, 1.807) is 0 Å². The molecule has 0 atom stereocenters. The first-order chi connectivity index (χ1) is 18.6. The lowest BCUT2D eigenvalue weighted by Crippen LogP contribution is -1.90. The third kappa shape index (κ3) is 5.50. The second-order valence-electron chi connectivity index (χ2n) is 9.23. The van der Waals surface area contributed by atoms with Gasteiger partial charge in [0.2, 0.25) is 0 Å². The highest BCUT2D eigenvalue weighted by atomic mass is 14.8. The summed E-state index contributed by atoms with van der Waals surface area (Å²) in [6.45, 7) is 3.97. The fourth-order valence-corrected chi connectivity index (χ4v) is 4.32. The van der Waals surface area contributed by atoms with Gasteiger partial charge in [-0.25, -0.2) is 9.97 Å². The lowest BCUT2D eigenvalue weighted by molar-refractivity contribution is 1.15. The summed E-state index contributed by atoms with van der Waals surface area (Å²) < 4.78 is 0. The predicted octanol–water partition coefficient (Wildman–Crippen LogP) is 7.42. The molecule has 6 nitrogen and oxygen atoms in total. The van der Waals surface area contributed by atoms with Crippen molar-refractivity contribution in [2.75, 3.05) is 0 Å². The van der Waals surface area contributed by atoms with Crippen molar-refractivity contribution in [2.24, 2.45) is 0 Å². The summed E-state index contributed by atoms with van der Waals surface area (Å²) in [4.78, 5) is 24.9. The Morgan fingerprint density at radius 3 is 1.24 bits per heavy atom. The highest BCUT2D eigenvalue weighted by Crippen LogP contribution is 2.17. The van der Waals surface area contributed by atoms with E-state index in [-0.39, 0.29) is 0 Å². The number of aryl methyl sites for hydroxylation is 2. The number of aromatic amines is 2. The monoisotopic (exact) mass is 494 g/mol. The Bertz CT molecular complexity index is 1720. The summed E-state index contributed by atoms with van der Waals surface area (Å²) in [5.41, 5.74) is 11.8. The highest BCUT2D eigenvalue weighted by molar-refractivity contribution is 5.77. The Balaban J connectivity index is 0.000000161. The third-order valence-corrected chi connectivity index (χ3v) is 6.08. The molecule has 0 spiro atoms. The van der Waals surface area contributed by atoms with Gasteiger partial charge in [0.1, 0.15) is 0 Å². The van der Waals surface area contributed by atoms with Crippen LogP contribution < -0.4 is 0 Å². The van der Waals surface area contributed by atoms with Crippen LogP contribution in [-0.2, 0) is 0 Å². The number of H-pyrrole nitrogens is 2. The highest BCUT2D eigenvalue weighted by Gasteiger charge is 2.02. The molecular formula is C32H26N6. The summed E-state index contributed by atoms with van der Waals surface area (Å²) in [7, 11) is 0. The lowest BCUT2D eigenvalue weighted by Gasteiger charge is -2.01. The van der Waals surface area contributed by atoms with Crippen molar-refractivity contribution in [3.8, 4) is 11.4 Å². The van der Waals surface area contributed by atoms with E-state index in [0.29, 0.717) is 0 Å². The number of nitrogens with one attached hydrogen (secondary N) is 2. The molecule has 0 saturated heterocycles. The summed E-state index contributed by atoms with van der Waals surface area (Å²) in [5.74, 6) is 0. The molecule has 2 aliphatic rings. The van der Waals surface area contributed by atoms with Crippen LogP contribution in [-0.4, -0.2) is 29.9 Å². The van der Waals surface area contributed by atoms with Gasteiger partial charge < -0.3 is 9.97 Å². The first-order valence-corrected chi connectivity index (χ1v) is 12.5. The number of aromatic nitrogens is 6. The maximum absolute atomic E-state index is 4.62. The van der Waals surface area contributed by atoms with Gasteiger partial charge in [-0.3, -0.25) is 9.97 Å². The molecule has 8 bridgehead atoms. The number of nitrogens with zero attached hydrogens (tertiary/aromatic N) is 4. The molecule has 0 radical (unpaired) electrons. The number of rotatable bonds is 1. The summed E-state index contributed by atoms with van der Waals surface area (Å²) in [6, 6.07) is 28.3.